The van der Waals surface area contributed by atoms with Crippen LogP contribution in [0.4, 0.5) is 13.2 Å². The van der Waals surface area contributed by atoms with Gasteiger partial charge in [-0.2, -0.15) is 4.39 Å². The molecule has 1 unspecified atom stereocenters. The lowest BCUT2D eigenvalue weighted by Crippen LogP contribution is -2.76. The molecule has 0 radical (unpaired) electrons. The molecule has 2 aliphatic rings. The zero-order valence-electron chi connectivity index (χ0n) is 27.3. The second kappa shape index (κ2) is 15.4. The zero-order valence-corrected chi connectivity index (χ0v) is 27.3. The molecule has 2 saturated heterocycles. The van der Waals surface area contributed by atoms with Crippen molar-refractivity contribution in [2.75, 3.05) is 19.6 Å². The van der Waals surface area contributed by atoms with Gasteiger partial charge in [-0.3, -0.25) is 14.4 Å². The van der Waals surface area contributed by atoms with E-state index in [4.69, 9.17) is 4.74 Å². The van der Waals surface area contributed by atoms with Crippen molar-refractivity contribution in [3.63, 3.8) is 0 Å². The number of ether oxygens (including phenoxy) is 1. The first kappa shape index (κ1) is 34.4. The van der Waals surface area contributed by atoms with Crippen molar-refractivity contribution < 1.29 is 32.3 Å². The van der Waals surface area contributed by atoms with Crippen LogP contribution in [0, 0.1) is 17.6 Å². The van der Waals surface area contributed by atoms with Gasteiger partial charge >= 0.3 is 0 Å². The molecule has 0 aliphatic carbocycles. The number of fused-ring (bicyclic) bond motifs is 1. The van der Waals surface area contributed by atoms with Gasteiger partial charge in [-0.1, -0.05) is 72.8 Å². The van der Waals surface area contributed by atoms with Gasteiger partial charge in [-0.05, 0) is 29.7 Å². The Morgan fingerprint density at radius 2 is 1.60 bits per heavy atom. The molecule has 0 spiro atoms. The van der Waals surface area contributed by atoms with Gasteiger partial charge in [0, 0.05) is 37.1 Å². The van der Waals surface area contributed by atoms with Crippen molar-refractivity contribution in [1.29, 1.82) is 0 Å². The predicted octanol–water partition coefficient (Wildman–Crippen LogP) is 5.06. The van der Waals surface area contributed by atoms with E-state index in [1.807, 2.05) is 60.7 Å². The Kier molecular flexibility index (Phi) is 10.6. The van der Waals surface area contributed by atoms with E-state index in [-0.39, 0.29) is 56.6 Å². The molecule has 0 N–H and O–H groups in total. The van der Waals surface area contributed by atoms with Crippen LogP contribution in [0.3, 0.4) is 0 Å². The van der Waals surface area contributed by atoms with Gasteiger partial charge in [0.25, 0.3) is 0 Å². The molecule has 0 bridgehead atoms. The summed E-state index contributed by atoms with van der Waals surface area (Å²) < 4.78 is 51.1. The van der Waals surface area contributed by atoms with Crippen LogP contribution in [-0.2, 0) is 40.4 Å². The average Bonchev–Trinajstić information content (AvgIpc) is 3.10. The number of aromatic nitrogens is 1. The molecule has 3 amide bonds. The lowest BCUT2D eigenvalue weighted by atomic mass is 9.97. The van der Waals surface area contributed by atoms with Crippen molar-refractivity contribution in [1.82, 2.24) is 24.8 Å². The highest BCUT2D eigenvalue weighted by Crippen LogP contribution is 2.32. The molecule has 6 rings (SSSR count). The van der Waals surface area contributed by atoms with Gasteiger partial charge in [0.1, 0.15) is 36.2 Å². The molecule has 4 aromatic rings. The molecule has 258 valence electrons. The van der Waals surface area contributed by atoms with Gasteiger partial charge in [0.05, 0.1) is 25.3 Å². The first-order valence-corrected chi connectivity index (χ1v) is 16.3. The summed E-state index contributed by atoms with van der Waals surface area (Å²) in [6.45, 7) is 3.48. The van der Waals surface area contributed by atoms with Gasteiger partial charge in [-0.25, -0.2) is 23.8 Å². The fraction of sp³-hybridized carbons (Fsp3) is 0.263. The average molecular weight is 684 g/mol. The number of halogens is 3. The van der Waals surface area contributed by atoms with E-state index in [1.54, 1.807) is 17.2 Å². The van der Waals surface area contributed by atoms with Crippen LogP contribution in [0.25, 0.3) is 0 Å². The van der Waals surface area contributed by atoms with E-state index in [1.165, 1.54) is 26.9 Å². The number of aryl methyl sites for hydroxylation is 1. The molecule has 50 heavy (non-hydrogen) atoms. The highest BCUT2D eigenvalue weighted by Gasteiger charge is 2.51. The van der Waals surface area contributed by atoms with Crippen LogP contribution in [0.1, 0.15) is 28.8 Å². The number of carbonyl (C=O) groups is 3. The summed E-state index contributed by atoms with van der Waals surface area (Å²) in [6.07, 6.45) is 0.543. The number of piperazine rings is 1. The molecule has 2 fully saturated rings. The highest BCUT2D eigenvalue weighted by molar-refractivity contribution is 5.92. The number of hydrogen-bond donors (Lipinski definition) is 0. The number of pyridine rings is 1. The monoisotopic (exact) mass is 683 g/mol. The van der Waals surface area contributed by atoms with E-state index >= 15 is 8.78 Å². The lowest BCUT2D eigenvalue weighted by Gasteiger charge is -2.55. The SMILES string of the molecule is C=CCN1CC(=O)N2C(CN(Cc3cccc(F)n3)C(=O)[C@@H]2Cc2c(F)cc(OCc3ccccc3)cc2F)N1C(=O)CCc1ccccc1. The fourth-order valence-electron chi connectivity index (χ4n) is 6.44. The van der Waals surface area contributed by atoms with Crippen LogP contribution in [0.5, 0.6) is 5.75 Å². The minimum absolute atomic E-state index is 0.0384. The molecule has 3 aromatic carbocycles. The van der Waals surface area contributed by atoms with Crippen molar-refractivity contribution in [3.8, 4) is 5.75 Å². The summed E-state index contributed by atoms with van der Waals surface area (Å²) in [5.74, 6) is -4.10. The number of rotatable bonds is 12. The summed E-state index contributed by atoms with van der Waals surface area (Å²) in [5.41, 5.74) is 1.57. The van der Waals surface area contributed by atoms with Gasteiger partial charge in [-0.15, -0.1) is 6.58 Å². The van der Waals surface area contributed by atoms with Gasteiger partial charge < -0.3 is 14.5 Å². The number of nitrogens with zero attached hydrogens (tertiary/aromatic N) is 5. The largest absolute Gasteiger partial charge is 0.489 e. The number of amides is 3. The molecule has 1 aromatic heterocycles. The Morgan fingerprint density at radius 3 is 2.26 bits per heavy atom. The summed E-state index contributed by atoms with van der Waals surface area (Å²) in [7, 11) is 0. The maximum atomic E-state index is 15.7. The number of hydrogen-bond acceptors (Lipinski definition) is 6. The maximum absolute atomic E-state index is 15.7. The smallest absolute Gasteiger partial charge is 0.246 e. The van der Waals surface area contributed by atoms with E-state index in [2.05, 4.69) is 11.6 Å². The second-order valence-electron chi connectivity index (χ2n) is 12.2. The number of benzene rings is 3. The maximum Gasteiger partial charge on any atom is 0.246 e. The Morgan fingerprint density at radius 1 is 0.920 bits per heavy atom. The van der Waals surface area contributed by atoms with Crippen molar-refractivity contribution in [2.24, 2.45) is 0 Å². The third-order valence-electron chi connectivity index (χ3n) is 8.78. The predicted molar refractivity (Wildman–Crippen MR) is 178 cm³/mol. The van der Waals surface area contributed by atoms with Crippen LogP contribution in [0.15, 0.2) is 104 Å². The molecule has 2 atom stereocenters. The van der Waals surface area contributed by atoms with Crippen LogP contribution >= 0.6 is 0 Å². The number of hydrazine groups is 1. The lowest BCUT2D eigenvalue weighted by molar-refractivity contribution is -0.205. The molecular weight excluding hydrogens is 647 g/mol. The van der Waals surface area contributed by atoms with Crippen molar-refractivity contribution in [2.45, 2.75) is 44.6 Å². The van der Waals surface area contributed by atoms with Gasteiger partial charge in [0.15, 0.2) is 0 Å². The Bertz CT molecular complexity index is 1840. The van der Waals surface area contributed by atoms with Crippen molar-refractivity contribution in [3.05, 3.63) is 144 Å². The van der Waals surface area contributed by atoms with E-state index in [0.29, 0.717) is 6.42 Å². The molecule has 3 heterocycles. The first-order valence-electron chi connectivity index (χ1n) is 16.3. The second-order valence-corrected chi connectivity index (χ2v) is 12.2. The van der Waals surface area contributed by atoms with E-state index in [9.17, 15) is 18.8 Å². The zero-order chi connectivity index (χ0) is 35.2. The first-order chi connectivity index (χ1) is 24.2. The Hall–Kier alpha value is -5.49. The molecule has 2 aliphatic heterocycles. The highest BCUT2D eigenvalue weighted by atomic mass is 19.1. The third kappa shape index (κ3) is 7.70. The standard InChI is InChI=1S/C38H36F3N5O4/c1-2-18-44-24-37(48)45-33(21-30-31(39)19-29(20-32(30)40)50-25-27-12-7-4-8-13-27)38(49)43(22-28-14-9-15-34(41)42-28)23-35(45)46(44)36(47)17-16-26-10-5-3-6-11-26/h2-15,19-20,33,35H,1,16-18,21-25H2/t33-,35?/m0/s1. The fourth-order valence-corrected chi connectivity index (χ4v) is 6.44. The topological polar surface area (TPSA) is 86.3 Å². The number of carbonyl (C=O) groups excluding carboxylic acids is 3. The van der Waals surface area contributed by atoms with Crippen LogP contribution in [-0.4, -0.2) is 74.4 Å². The molecular formula is C38H36F3N5O4. The van der Waals surface area contributed by atoms with Crippen LogP contribution in [0.2, 0.25) is 0 Å². The summed E-state index contributed by atoms with van der Waals surface area (Å²) in [4.78, 5) is 48.5. The quantitative estimate of drug-likeness (QED) is 0.153. The minimum atomic E-state index is -1.38. The molecule has 9 nitrogen and oxygen atoms in total. The summed E-state index contributed by atoms with van der Waals surface area (Å²) >= 11 is 0. The van der Waals surface area contributed by atoms with Crippen LogP contribution < -0.4 is 4.74 Å². The Labute approximate surface area is 288 Å². The summed E-state index contributed by atoms with van der Waals surface area (Å²) in [6, 6.07) is 23.4. The molecule has 12 heteroatoms. The van der Waals surface area contributed by atoms with E-state index in [0.717, 1.165) is 23.3 Å². The summed E-state index contributed by atoms with van der Waals surface area (Å²) in [5, 5.41) is 3.01. The third-order valence-corrected chi connectivity index (χ3v) is 8.78. The minimum Gasteiger partial charge on any atom is -0.489 e. The van der Waals surface area contributed by atoms with E-state index < -0.39 is 53.6 Å². The van der Waals surface area contributed by atoms with Gasteiger partial charge in [0.2, 0.25) is 23.7 Å². The van der Waals surface area contributed by atoms with Crippen molar-refractivity contribution >= 4 is 17.7 Å². The normalized spacial score (nSPS) is 17.9. The molecule has 0 saturated carbocycles. The Balaban J connectivity index is 1.32.